The van der Waals surface area contributed by atoms with Crippen LogP contribution < -0.4 is 0 Å². The summed E-state index contributed by atoms with van der Waals surface area (Å²) in [5.41, 5.74) is 1.61. The Morgan fingerprint density at radius 3 is 2.73 bits per heavy atom. The van der Waals surface area contributed by atoms with Crippen molar-refractivity contribution >= 4 is 21.9 Å². The molecule has 0 aromatic heterocycles. The van der Waals surface area contributed by atoms with Crippen molar-refractivity contribution in [2.45, 2.75) is 19.8 Å². The van der Waals surface area contributed by atoms with Crippen LogP contribution in [0.15, 0.2) is 40.4 Å². The highest BCUT2D eigenvalue weighted by Crippen LogP contribution is 2.17. The van der Waals surface area contributed by atoms with Crippen LogP contribution in [0.1, 0.15) is 18.9 Å². The summed E-state index contributed by atoms with van der Waals surface area (Å²) in [6.07, 6.45) is 3.36. The number of hydrogen-bond donors (Lipinski definition) is 1. The molecule has 1 N–H and O–H groups in total. The standard InChI is InChI=1S/C12H13BrO2/c1-9(12(14)15)5-4-7-10-6-2-3-8-11(10)13/h2-3,5-6,8H,4,7H2,1H3,(H,14,15). The van der Waals surface area contributed by atoms with Crippen LogP contribution in [0.5, 0.6) is 0 Å². The van der Waals surface area contributed by atoms with Crippen LogP contribution in [0, 0.1) is 0 Å². The maximum atomic E-state index is 10.5. The molecule has 0 spiro atoms. The summed E-state index contributed by atoms with van der Waals surface area (Å²) in [4.78, 5) is 10.5. The Morgan fingerprint density at radius 1 is 1.47 bits per heavy atom. The van der Waals surface area contributed by atoms with Crippen LogP contribution >= 0.6 is 15.9 Å². The van der Waals surface area contributed by atoms with Gasteiger partial charge in [-0.25, -0.2) is 4.79 Å². The van der Waals surface area contributed by atoms with E-state index in [0.717, 1.165) is 17.3 Å². The van der Waals surface area contributed by atoms with Gasteiger partial charge in [-0.3, -0.25) is 0 Å². The molecule has 1 aromatic carbocycles. The summed E-state index contributed by atoms with van der Waals surface area (Å²) in [7, 11) is 0. The molecule has 0 bridgehead atoms. The van der Waals surface area contributed by atoms with Gasteiger partial charge >= 0.3 is 5.97 Å². The summed E-state index contributed by atoms with van der Waals surface area (Å²) in [5, 5.41) is 8.66. The van der Waals surface area contributed by atoms with E-state index >= 15 is 0 Å². The van der Waals surface area contributed by atoms with Crippen molar-refractivity contribution in [3.8, 4) is 0 Å². The van der Waals surface area contributed by atoms with Crippen molar-refractivity contribution in [1.82, 2.24) is 0 Å². The lowest BCUT2D eigenvalue weighted by atomic mass is 10.1. The Labute approximate surface area is 97.8 Å². The molecule has 80 valence electrons. The molecule has 15 heavy (non-hydrogen) atoms. The maximum Gasteiger partial charge on any atom is 0.330 e. The lowest BCUT2D eigenvalue weighted by Gasteiger charge is -2.01. The molecule has 0 aliphatic carbocycles. The van der Waals surface area contributed by atoms with Crippen LogP contribution in [-0.4, -0.2) is 11.1 Å². The van der Waals surface area contributed by atoms with E-state index in [1.165, 1.54) is 5.56 Å². The van der Waals surface area contributed by atoms with Crippen LogP contribution in [0.2, 0.25) is 0 Å². The predicted molar refractivity (Wildman–Crippen MR) is 63.9 cm³/mol. The molecule has 1 aromatic rings. The molecule has 0 radical (unpaired) electrons. The fourth-order valence-electron chi connectivity index (χ4n) is 1.23. The van der Waals surface area contributed by atoms with Gasteiger partial charge in [0.15, 0.2) is 0 Å². The Morgan fingerprint density at radius 2 is 2.13 bits per heavy atom. The number of halogens is 1. The second-order valence-corrected chi connectivity index (χ2v) is 4.18. The molecule has 0 unspecified atom stereocenters. The van der Waals surface area contributed by atoms with E-state index in [2.05, 4.69) is 15.9 Å². The highest BCUT2D eigenvalue weighted by molar-refractivity contribution is 9.10. The molecule has 3 heteroatoms. The summed E-state index contributed by atoms with van der Waals surface area (Å²) < 4.78 is 1.08. The molecule has 0 heterocycles. The van der Waals surface area contributed by atoms with Crippen molar-refractivity contribution in [2.75, 3.05) is 0 Å². The van der Waals surface area contributed by atoms with Gasteiger partial charge in [0.1, 0.15) is 0 Å². The van der Waals surface area contributed by atoms with Crippen LogP contribution in [-0.2, 0) is 11.2 Å². The molecule has 0 saturated heterocycles. The van der Waals surface area contributed by atoms with E-state index in [4.69, 9.17) is 5.11 Å². The van der Waals surface area contributed by atoms with Crippen LogP contribution in [0.3, 0.4) is 0 Å². The molecule has 0 aliphatic heterocycles. The van der Waals surface area contributed by atoms with E-state index in [1.807, 2.05) is 24.3 Å². The Balaban J connectivity index is 2.55. The largest absolute Gasteiger partial charge is 0.478 e. The van der Waals surface area contributed by atoms with Crippen molar-refractivity contribution < 1.29 is 9.90 Å². The molecule has 2 nitrogen and oxygen atoms in total. The van der Waals surface area contributed by atoms with Gasteiger partial charge < -0.3 is 5.11 Å². The molecule has 1 rings (SSSR count). The highest BCUT2D eigenvalue weighted by Gasteiger charge is 2.00. The van der Waals surface area contributed by atoms with Gasteiger partial charge in [-0.05, 0) is 31.4 Å². The number of carbonyl (C=O) groups is 1. The quantitative estimate of drug-likeness (QED) is 0.850. The minimum absolute atomic E-state index is 0.405. The Kier molecular flexibility index (Phi) is 4.56. The summed E-state index contributed by atoms with van der Waals surface area (Å²) >= 11 is 3.46. The minimum atomic E-state index is -0.845. The molecule has 0 fully saturated rings. The zero-order valence-electron chi connectivity index (χ0n) is 8.53. The molecule has 0 saturated carbocycles. The van der Waals surface area contributed by atoms with Gasteiger partial charge in [-0.2, -0.15) is 0 Å². The summed E-state index contributed by atoms with van der Waals surface area (Å²) in [6, 6.07) is 7.97. The molecular formula is C12H13BrO2. The van der Waals surface area contributed by atoms with E-state index in [1.54, 1.807) is 13.0 Å². The second-order valence-electron chi connectivity index (χ2n) is 3.32. The van der Waals surface area contributed by atoms with Crippen LogP contribution in [0.25, 0.3) is 0 Å². The number of rotatable bonds is 4. The van der Waals surface area contributed by atoms with E-state index < -0.39 is 5.97 Å². The number of aryl methyl sites for hydroxylation is 1. The zero-order valence-corrected chi connectivity index (χ0v) is 10.1. The van der Waals surface area contributed by atoms with E-state index in [0.29, 0.717) is 5.57 Å². The lowest BCUT2D eigenvalue weighted by Crippen LogP contribution is -1.96. The third kappa shape index (κ3) is 3.88. The molecular weight excluding hydrogens is 256 g/mol. The van der Waals surface area contributed by atoms with Crippen molar-refractivity contribution in [1.29, 1.82) is 0 Å². The summed E-state index contributed by atoms with van der Waals surface area (Å²) in [6.45, 7) is 1.61. The van der Waals surface area contributed by atoms with Gasteiger partial charge in [0, 0.05) is 10.0 Å². The normalized spacial score (nSPS) is 11.5. The summed E-state index contributed by atoms with van der Waals surface area (Å²) in [5.74, 6) is -0.845. The van der Waals surface area contributed by atoms with Gasteiger partial charge in [0.25, 0.3) is 0 Å². The monoisotopic (exact) mass is 268 g/mol. The first-order valence-corrected chi connectivity index (χ1v) is 5.54. The maximum absolute atomic E-state index is 10.5. The predicted octanol–water partition coefficient (Wildman–Crippen LogP) is 3.41. The number of aliphatic carboxylic acids is 1. The van der Waals surface area contributed by atoms with Crippen molar-refractivity contribution in [2.24, 2.45) is 0 Å². The van der Waals surface area contributed by atoms with Crippen LogP contribution in [0.4, 0.5) is 0 Å². The van der Waals surface area contributed by atoms with Gasteiger partial charge in [0.2, 0.25) is 0 Å². The topological polar surface area (TPSA) is 37.3 Å². The zero-order chi connectivity index (χ0) is 11.3. The Bertz CT molecular complexity index is 383. The van der Waals surface area contributed by atoms with Gasteiger partial charge in [0.05, 0.1) is 0 Å². The first kappa shape index (κ1) is 12.0. The van der Waals surface area contributed by atoms with E-state index in [9.17, 15) is 4.79 Å². The van der Waals surface area contributed by atoms with Gasteiger partial charge in [-0.1, -0.05) is 40.2 Å². The third-order valence-electron chi connectivity index (χ3n) is 2.16. The highest BCUT2D eigenvalue weighted by atomic mass is 79.9. The average Bonchev–Trinajstić information content (AvgIpc) is 2.20. The fourth-order valence-corrected chi connectivity index (χ4v) is 1.72. The fraction of sp³-hybridized carbons (Fsp3) is 0.250. The number of benzene rings is 1. The first-order chi connectivity index (χ1) is 7.11. The smallest absolute Gasteiger partial charge is 0.330 e. The molecule has 0 atom stereocenters. The molecule has 0 amide bonds. The number of hydrogen-bond acceptors (Lipinski definition) is 1. The second kappa shape index (κ2) is 5.71. The number of allylic oxidation sites excluding steroid dienone is 1. The SMILES string of the molecule is CC(=CCCc1ccccc1Br)C(=O)O. The van der Waals surface area contributed by atoms with Crippen molar-refractivity contribution in [3.63, 3.8) is 0 Å². The third-order valence-corrected chi connectivity index (χ3v) is 2.93. The first-order valence-electron chi connectivity index (χ1n) is 4.74. The number of carboxylic acids is 1. The Hall–Kier alpha value is -1.09. The van der Waals surface area contributed by atoms with E-state index in [-0.39, 0.29) is 0 Å². The minimum Gasteiger partial charge on any atom is -0.478 e. The van der Waals surface area contributed by atoms with Crippen molar-refractivity contribution in [3.05, 3.63) is 46.0 Å². The average molecular weight is 269 g/mol. The lowest BCUT2D eigenvalue weighted by molar-refractivity contribution is -0.132. The van der Waals surface area contributed by atoms with Gasteiger partial charge in [-0.15, -0.1) is 0 Å². The molecule has 0 aliphatic rings. The number of carboxylic acid groups (broad SMARTS) is 1.